The van der Waals surface area contributed by atoms with Crippen LogP contribution in [0.4, 0.5) is 5.82 Å². The van der Waals surface area contributed by atoms with Gasteiger partial charge in [-0.25, -0.2) is 9.97 Å². The van der Waals surface area contributed by atoms with E-state index in [-0.39, 0.29) is 5.41 Å². The first-order valence-electron chi connectivity index (χ1n) is 6.19. The fraction of sp³-hybridized carbons (Fsp3) is 0.692. The van der Waals surface area contributed by atoms with Gasteiger partial charge < -0.3 is 5.73 Å². The molecule has 1 atom stereocenters. The number of hydrogen-bond acceptors (Lipinski definition) is 4. The standard InChI is InChI=1S/C13H22BrN3S/c1-6-8(2)18-7-9-16-11(13(3,4)5)10(14)12(15)17-9/h8H,6-7H2,1-5H3,(H2,15,16,17). The van der Waals surface area contributed by atoms with Gasteiger partial charge in [0.1, 0.15) is 11.6 Å². The molecule has 0 fully saturated rings. The van der Waals surface area contributed by atoms with Crippen LogP contribution in [0.5, 0.6) is 0 Å². The molecular formula is C13H22BrN3S. The number of thioether (sulfide) groups is 1. The molecule has 1 unspecified atom stereocenters. The molecule has 0 aromatic carbocycles. The average molecular weight is 332 g/mol. The third-order valence-corrected chi connectivity index (χ3v) is 4.81. The van der Waals surface area contributed by atoms with Crippen molar-refractivity contribution in [2.75, 3.05) is 5.73 Å². The van der Waals surface area contributed by atoms with Crippen LogP contribution in [0.2, 0.25) is 0 Å². The number of halogens is 1. The van der Waals surface area contributed by atoms with Crippen LogP contribution in [0.25, 0.3) is 0 Å². The Morgan fingerprint density at radius 3 is 2.44 bits per heavy atom. The molecule has 0 bridgehead atoms. The first-order chi connectivity index (χ1) is 8.25. The Balaban J connectivity index is 2.98. The van der Waals surface area contributed by atoms with E-state index >= 15 is 0 Å². The van der Waals surface area contributed by atoms with Crippen molar-refractivity contribution in [1.82, 2.24) is 9.97 Å². The van der Waals surface area contributed by atoms with Crippen LogP contribution in [0, 0.1) is 0 Å². The number of nitrogen functional groups attached to an aromatic ring is 1. The van der Waals surface area contributed by atoms with Crippen LogP contribution in [0.15, 0.2) is 4.47 Å². The van der Waals surface area contributed by atoms with Gasteiger partial charge in [-0.3, -0.25) is 0 Å². The zero-order valence-electron chi connectivity index (χ0n) is 11.7. The topological polar surface area (TPSA) is 51.8 Å². The van der Waals surface area contributed by atoms with E-state index in [1.807, 2.05) is 11.8 Å². The highest BCUT2D eigenvalue weighted by molar-refractivity contribution is 9.10. The second-order valence-electron chi connectivity index (χ2n) is 5.47. The normalized spacial score (nSPS) is 13.7. The molecule has 18 heavy (non-hydrogen) atoms. The van der Waals surface area contributed by atoms with Gasteiger partial charge in [0.25, 0.3) is 0 Å². The third-order valence-electron chi connectivity index (χ3n) is 2.71. The molecule has 2 N–H and O–H groups in total. The summed E-state index contributed by atoms with van der Waals surface area (Å²) in [5, 5.41) is 0.622. The van der Waals surface area contributed by atoms with Crippen LogP contribution < -0.4 is 5.73 Å². The quantitative estimate of drug-likeness (QED) is 0.900. The molecule has 1 aromatic rings. The minimum absolute atomic E-state index is 0.0360. The molecule has 0 saturated heterocycles. The molecule has 5 heteroatoms. The van der Waals surface area contributed by atoms with Crippen molar-refractivity contribution in [2.24, 2.45) is 0 Å². The van der Waals surface area contributed by atoms with Gasteiger partial charge in [0, 0.05) is 10.7 Å². The summed E-state index contributed by atoms with van der Waals surface area (Å²) in [5.74, 6) is 2.18. The maximum atomic E-state index is 5.95. The number of nitrogens with zero attached hydrogens (tertiary/aromatic N) is 2. The van der Waals surface area contributed by atoms with Crippen molar-refractivity contribution < 1.29 is 0 Å². The maximum absolute atomic E-state index is 5.95. The van der Waals surface area contributed by atoms with E-state index in [4.69, 9.17) is 5.73 Å². The first kappa shape index (κ1) is 15.8. The molecule has 0 amide bonds. The molecule has 0 radical (unpaired) electrons. The highest BCUT2D eigenvalue weighted by atomic mass is 79.9. The lowest BCUT2D eigenvalue weighted by Crippen LogP contribution is -2.18. The molecule has 0 saturated carbocycles. The molecule has 1 aromatic heterocycles. The maximum Gasteiger partial charge on any atom is 0.141 e. The Bertz CT molecular complexity index is 415. The smallest absolute Gasteiger partial charge is 0.141 e. The van der Waals surface area contributed by atoms with Crippen LogP contribution in [-0.2, 0) is 11.2 Å². The monoisotopic (exact) mass is 331 g/mol. The summed E-state index contributed by atoms with van der Waals surface area (Å²) in [6, 6.07) is 0. The summed E-state index contributed by atoms with van der Waals surface area (Å²) >= 11 is 5.35. The van der Waals surface area contributed by atoms with Gasteiger partial charge in [0.05, 0.1) is 15.9 Å². The Morgan fingerprint density at radius 2 is 1.94 bits per heavy atom. The van der Waals surface area contributed by atoms with E-state index in [2.05, 4.69) is 60.5 Å². The van der Waals surface area contributed by atoms with E-state index in [1.165, 1.54) is 0 Å². The summed E-state index contributed by atoms with van der Waals surface area (Å²) in [5.41, 5.74) is 6.89. The second-order valence-corrected chi connectivity index (χ2v) is 7.69. The van der Waals surface area contributed by atoms with Gasteiger partial charge in [-0.1, -0.05) is 34.6 Å². The minimum atomic E-state index is -0.0360. The Labute approximate surface area is 122 Å². The summed E-state index contributed by atoms with van der Waals surface area (Å²) in [6.07, 6.45) is 1.16. The fourth-order valence-electron chi connectivity index (χ4n) is 1.41. The van der Waals surface area contributed by atoms with Crippen LogP contribution in [0.1, 0.15) is 52.6 Å². The van der Waals surface area contributed by atoms with Crippen molar-refractivity contribution in [1.29, 1.82) is 0 Å². The van der Waals surface area contributed by atoms with E-state index < -0.39 is 0 Å². The largest absolute Gasteiger partial charge is 0.383 e. The highest BCUT2D eigenvalue weighted by Gasteiger charge is 2.22. The summed E-state index contributed by atoms with van der Waals surface area (Å²) in [4.78, 5) is 9.00. The predicted octanol–water partition coefficient (Wildman–Crippen LogP) is 4.15. The molecule has 3 nitrogen and oxygen atoms in total. The Morgan fingerprint density at radius 1 is 1.33 bits per heavy atom. The lowest BCUT2D eigenvalue weighted by molar-refractivity contribution is 0.560. The van der Waals surface area contributed by atoms with Crippen LogP contribution >= 0.6 is 27.7 Å². The van der Waals surface area contributed by atoms with Gasteiger partial charge in [0.15, 0.2) is 0 Å². The number of nitrogens with two attached hydrogens (primary N) is 1. The van der Waals surface area contributed by atoms with E-state index in [9.17, 15) is 0 Å². The van der Waals surface area contributed by atoms with Crippen LogP contribution in [0.3, 0.4) is 0 Å². The van der Waals surface area contributed by atoms with Gasteiger partial charge in [-0.2, -0.15) is 11.8 Å². The number of hydrogen-bond donors (Lipinski definition) is 1. The second kappa shape index (κ2) is 6.24. The lowest BCUT2D eigenvalue weighted by atomic mass is 9.92. The minimum Gasteiger partial charge on any atom is -0.383 e. The van der Waals surface area contributed by atoms with Crippen LogP contribution in [-0.4, -0.2) is 15.2 Å². The molecule has 1 heterocycles. The Kier molecular flexibility index (Phi) is 5.46. The number of aromatic nitrogens is 2. The number of rotatable bonds is 4. The zero-order valence-corrected chi connectivity index (χ0v) is 14.2. The molecule has 0 aliphatic carbocycles. The van der Waals surface area contributed by atoms with Gasteiger partial charge in [0.2, 0.25) is 0 Å². The summed E-state index contributed by atoms with van der Waals surface area (Å²) < 4.78 is 0.826. The molecule has 102 valence electrons. The van der Waals surface area contributed by atoms with Gasteiger partial charge in [-0.15, -0.1) is 0 Å². The fourth-order valence-corrected chi connectivity index (χ4v) is 2.98. The van der Waals surface area contributed by atoms with Crippen molar-refractivity contribution in [3.63, 3.8) is 0 Å². The zero-order chi connectivity index (χ0) is 13.9. The van der Waals surface area contributed by atoms with Gasteiger partial charge >= 0.3 is 0 Å². The van der Waals surface area contributed by atoms with E-state index in [1.54, 1.807) is 0 Å². The van der Waals surface area contributed by atoms with Crippen molar-refractivity contribution in [3.05, 3.63) is 16.0 Å². The Hall–Kier alpha value is -0.290. The molecule has 0 aliphatic heterocycles. The van der Waals surface area contributed by atoms with Crippen molar-refractivity contribution >= 4 is 33.5 Å². The average Bonchev–Trinajstić information content (AvgIpc) is 2.28. The van der Waals surface area contributed by atoms with Gasteiger partial charge in [-0.05, 0) is 22.4 Å². The lowest BCUT2D eigenvalue weighted by Gasteiger charge is -2.21. The van der Waals surface area contributed by atoms with Crippen molar-refractivity contribution in [3.8, 4) is 0 Å². The van der Waals surface area contributed by atoms with E-state index in [0.29, 0.717) is 11.1 Å². The molecule has 0 spiro atoms. The molecule has 1 rings (SSSR count). The SMILES string of the molecule is CCC(C)SCc1nc(N)c(Br)c(C(C)(C)C)n1. The summed E-state index contributed by atoms with van der Waals surface area (Å²) in [6.45, 7) is 10.8. The summed E-state index contributed by atoms with van der Waals surface area (Å²) in [7, 11) is 0. The van der Waals surface area contributed by atoms with E-state index in [0.717, 1.165) is 28.2 Å². The predicted molar refractivity (Wildman–Crippen MR) is 83.9 cm³/mol. The number of anilines is 1. The van der Waals surface area contributed by atoms with Crippen molar-refractivity contribution in [2.45, 2.75) is 57.5 Å². The highest BCUT2D eigenvalue weighted by Crippen LogP contribution is 2.32. The molecule has 0 aliphatic rings. The first-order valence-corrected chi connectivity index (χ1v) is 8.03. The third kappa shape index (κ3) is 4.12. The molecular weight excluding hydrogens is 310 g/mol.